The zero-order valence-electron chi connectivity index (χ0n) is 7.44. The highest BCUT2D eigenvalue weighted by molar-refractivity contribution is 6.34. The van der Waals surface area contributed by atoms with Gasteiger partial charge in [-0.05, 0) is 12.1 Å². The molecule has 0 aliphatic rings. The highest BCUT2D eigenvalue weighted by Crippen LogP contribution is 2.21. The highest BCUT2D eigenvalue weighted by atomic mass is 35.5. The van der Waals surface area contributed by atoms with Crippen molar-refractivity contribution >= 4 is 34.7 Å². The number of carboxylic acids is 1. The maximum atomic E-state index is 10.6. The zero-order valence-corrected chi connectivity index (χ0v) is 8.96. The molecule has 0 saturated carbocycles. The van der Waals surface area contributed by atoms with E-state index in [1.54, 1.807) is 22.7 Å². The van der Waals surface area contributed by atoms with Crippen LogP contribution in [0.1, 0.15) is 5.82 Å². The molecule has 0 aliphatic carbocycles. The van der Waals surface area contributed by atoms with Gasteiger partial charge in [-0.3, -0.25) is 4.79 Å². The molecule has 2 aromatic rings. The number of carboxylic acid groups (broad SMARTS) is 1. The van der Waals surface area contributed by atoms with Crippen molar-refractivity contribution in [3.8, 4) is 0 Å². The summed E-state index contributed by atoms with van der Waals surface area (Å²) in [5, 5.41) is 9.46. The molecular formula is C9H6Cl2N2O2. The van der Waals surface area contributed by atoms with Crippen LogP contribution in [0.4, 0.5) is 0 Å². The quantitative estimate of drug-likeness (QED) is 0.882. The first-order valence-electron chi connectivity index (χ1n) is 4.11. The van der Waals surface area contributed by atoms with E-state index in [9.17, 15) is 4.79 Å². The molecule has 0 spiro atoms. The number of fused-ring (bicyclic) bond motifs is 1. The average Bonchev–Trinajstić information content (AvgIpc) is 2.42. The van der Waals surface area contributed by atoms with E-state index in [-0.39, 0.29) is 11.6 Å². The van der Waals surface area contributed by atoms with Gasteiger partial charge in [0.1, 0.15) is 12.2 Å². The second-order valence-corrected chi connectivity index (χ2v) is 3.78. The zero-order chi connectivity index (χ0) is 11.0. The number of pyridine rings is 1. The fraction of sp³-hybridized carbons (Fsp3) is 0.111. The molecule has 6 heteroatoms. The van der Waals surface area contributed by atoms with Crippen LogP contribution in [0.2, 0.25) is 10.2 Å². The molecule has 78 valence electrons. The number of carbonyl (C=O) groups is 1. The van der Waals surface area contributed by atoms with Gasteiger partial charge in [-0.1, -0.05) is 23.2 Å². The van der Waals surface area contributed by atoms with Gasteiger partial charge in [-0.15, -0.1) is 0 Å². The van der Waals surface area contributed by atoms with Crippen LogP contribution in [0, 0.1) is 0 Å². The number of aliphatic carboxylic acids is 1. The molecule has 0 bridgehead atoms. The monoisotopic (exact) mass is 244 g/mol. The first-order valence-corrected chi connectivity index (χ1v) is 4.87. The van der Waals surface area contributed by atoms with E-state index in [0.717, 1.165) is 0 Å². The summed E-state index contributed by atoms with van der Waals surface area (Å²) in [7, 11) is 0. The summed E-state index contributed by atoms with van der Waals surface area (Å²) in [6.45, 7) is 0. The molecule has 4 nitrogen and oxygen atoms in total. The summed E-state index contributed by atoms with van der Waals surface area (Å²) < 4.78 is 1.61. The van der Waals surface area contributed by atoms with Crippen LogP contribution in [-0.4, -0.2) is 20.5 Å². The first kappa shape index (κ1) is 10.3. The summed E-state index contributed by atoms with van der Waals surface area (Å²) in [6, 6.07) is 3.29. The lowest BCUT2D eigenvalue weighted by Crippen LogP contribution is -2.04. The van der Waals surface area contributed by atoms with E-state index < -0.39 is 5.97 Å². The predicted molar refractivity (Wildman–Crippen MR) is 56.6 cm³/mol. The van der Waals surface area contributed by atoms with Gasteiger partial charge >= 0.3 is 5.97 Å². The topological polar surface area (TPSA) is 54.6 Å². The summed E-state index contributed by atoms with van der Waals surface area (Å²) in [5.74, 6) is -0.562. The number of imidazole rings is 1. The smallest absolute Gasteiger partial charge is 0.311 e. The molecule has 2 heterocycles. The van der Waals surface area contributed by atoms with E-state index in [2.05, 4.69) is 4.98 Å². The normalized spacial score (nSPS) is 10.8. The van der Waals surface area contributed by atoms with Crippen LogP contribution in [0.25, 0.3) is 5.52 Å². The third-order valence-electron chi connectivity index (χ3n) is 1.94. The molecule has 0 atom stereocenters. The van der Waals surface area contributed by atoms with E-state index in [1.807, 2.05) is 0 Å². The third kappa shape index (κ3) is 1.91. The molecule has 0 amide bonds. The van der Waals surface area contributed by atoms with Crippen LogP contribution >= 0.6 is 23.2 Å². The fourth-order valence-electron chi connectivity index (χ4n) is 1.34. The minimum absolute atomic E-state index is 0.171. The molecular weight excluding hydrogens is 239 g/mol. The van der Waals surface area contributed by atoms with Gasteiger partial charge in [0.2, 0.25) is 0 Å². The van der Waals surface area contributed by atoms with Crippen molar-refractivity contribution in [2.24, 2.45) is 0 Å². The number of nitrogens with zero attached hydrogens (tertiary/aromatic N) is 2. The molecule has 0 radical (unpaired) electrons. The molecule has 0 aromatic carbocycles. The molecule has 2 aromatic heterocycles. The summed E-state index contributed by atoms with van der Waals surface area (Å²) >= 11 is 11.6. The maximum Gasteiger partial charge on any atom is 0.311 e. The lowest BCUT2D eigenvalue weighted by Gasteiger charge is -1.98. The van der Waals surface area contributed by atoms with Crippen molar-refractivity contribution in [3.63, 3.8) is 0 Å². The number of halogens is 2. The van der Waals surface area contributed by atoms with E-state index in [0.29, 0.717) is 16.4 Å². The second kappa shape index (κ2) is 3.72. The number of aromatic nitrogens is 2. The Morgan fingerprint density at radius 3 is 2.93 bits per heavy atom. The lowest BCUT2D eigenvalue weighted by molar-refractivity contribution is -0.136. The molecule has 0 fully saturated rings. The van der Waals surface area contributed by atoms with Crippen molar-refractivity contribution < 1.29 is 9.90 Å². The summed E-state index contributed by atoms with van der Waals surface area (Å²) in [5.41, 5.74) is 0.611. The minimum Gasteiger partial charge on any atom is -0.481 e. The van der Waals surface area contributed by atoms with Crippen LogP contribution in [0.5, 0.6) is 0 Å². The Morgan fingerprint density at radius 2 is 2.27 bits per heavy atom. The standard InChI is InChI=1S/C9H6Cl2N2O2/c10-5-1-2-13-6(3-5)9(11)12-7(13)4-8(14)15/h1-3H,4H2,(H,14,15). The summed E-state index contributed by atoms with van der Waals surface area (Å²) in [6.07, 6.45) is 1.48. The predicted octanol–water partition coefficient (Wildman–Crippen LogP) is 2.27. The van der Waals surface area contributed by atoms with Crippen LogP contribution in [-0.2, 0) is 11.2 Å². The van der Waals surface area contributed by atoms with E-state index in [4.69, 9.17) is 28.3 Å². The number of hydrogen-bond donors (Lipinski definition) is 1. The SMILES string of the molecule is O=C(O)Cc1nc(Cl)c2cc(Cl)ccn12. The Hall–Kier alpha value is -1.26. The van der Waals surface area contributed by atoms with Crippen molar-refractivity contribution in [2.45, 2.75) is 6.42 Å². The number of rotatable bonds is 2. The average molecular weight is 245 g/mol. The summed E-state index contributed by atoms with van der Waals surface area (Å²) in [4.78, 5) is 14.5. The van der Waals surface area contributed by atoms with Crippen LogP contribution < -0.4 is 0 Å². The van der Waals surface area contributed by atoms with Crippen molar-refractivity contribution in [1.29, 1.82) is 0 Å². The van der Waals surface area contributed by atoms with Gasteiger partial charge in [0.15, 0.2) is 5.15 Å². The van der Waals surface area contributed by atoms with Gasteiger partial charge in [0.05, 0.1) is 5.52 Å². The van der Waals surface area contributed by atoms with E-state index in [1.165, 1.54) is 0 Å². The second-order valence-electron chi connectivity index (χ2n) is 2.99. The van der Waals surface area contributed by atoms with Gasteiger partial charge in [-0.25, -0.2) is 4.98 Å². The largest absolute Gasteiger partial charge is 0.481 e. The highest BCUT2D eigenvalue weighted by Gasteiger charge is 2.12. The third-order valence-corrected chi connectivity index (χ3v) is 2.46. The van der Waals surface area contributed by atoms with Gasteiger partial charge in [-0.2, -0.15) is 0 Å². The van der Waals surface area contributed by atoms with Crippen molar-refractivity contribution in [2.75, 3.05) is 0 Å². The van der Waals surface area contributed by atoms with Gasteiger partial charge in [0.25, 0.3) is 0 Å². The first-order chi connectivity index (χ1) is 7.08. The Labute approximate surface area is 95.1 Å². The fourth-order valence-corrected chi connectivity index (χ4v) is 1.75. The van der Waals surface area contributed by atoms with Crippen LogP contribution in [0.3, 0.4) is 0 Å². The number of hydrogen-bond acceptors (Lipinski definition) is 2. The van der Waals surface area contributed by atoms with Gasteiger partial charge in [0, 0.05) is 11.2 Å². The van der Waals surface area contributed by atoms with E-state index >= 15 is 0 Å². The lowest BCUT2D eigenvalue weighted by atomic mass is 10.4. The minimum atomic E-state index is -0.950. The van der Waals surface area contributed by atoms with Crippen molar-refractivity contribution in [1.82, 2.24) is 9.38 Å². The molecule has 1 N–H and O–H groups in total. The van der Waals surface area contributed by atoms with Gasteiger partial charge < -0.3 is 9.51 Å². The Bertz CT molecular complexity index is 536. The Balaban J connectivity index is 2.62. The molecule has 0 aliphatic heterocycles. The molecule has 0 saturated heterocycles. The Kier molecular flexibility index (Phi) is 2.54. The molecule has 15 heavy (non-hydrogen) atoms. The Morgan fingerprint density at radius 1 is 1.53 bits per heavy atom. The maximum absolute atomic E-state index is 10.6. The molecule has 0 unspecified atom stereocenters. The van der Waals surface area contributed by atoms with Crippen molar-refractivity contribution in [3.05, 3.63) is 34.3 Å². The molecule has 2 rings (SSSR count). The van der Waals surface area contributed by atoms with Crippen LogP contribution in [0.15, 0.2) is 18.3 Å².